The predicted octanol–water partition coefficient (Wildman–Crippen LogP) is 1.89. The molecule has 5 heteroatoms. The molecule has 0 spiro atoms. The molecular weight excluding hydrogens is 256 g/mol. The lowest BCUT2D eigenvalue weighted by Gasteiger charge is -2.15. The van der Waals surface area contributed by atoms with Gasteiger partial charge in [0.05, 0.1) is 24.8 Å². The van der Waals surface area contributed by atoms with Crippen LogP contribution in [0.4, 0.5) is 0 Å². The average Bonchev–Trinajstić information content (AvgIpc) is 3.21. The van der Waals surface area contributed by atoms with E-state index in [2.05, 4.69) is 9.55 Å². The van der Waals surface area contributed by atoms with Crippen LogP contribution in [0.5, 0.6) is 0 Å². The number of carbonyl (C=O) groups is 1. The van der Waals surface area contributed by atoms with E-state index < -0.39 is 5.41 Å². The fraction of sp³-hybridized carbons (Fsp3) is 0.467. The second kappa shape index (κ2) is 4.90. The van der Waals surface area contributed by atoms with E-state index >= 15 is 0 Å². The average molecular weight is 274 g/mol. The van der Waals surface area contributed by atoms with Crippen molar-refractivity contribution in [3.63, 3.8) is 0 Å². The number of imidazole rings is 1. The lowest BCUT2D eigenvalue weighted by molar-refractivity contribution is -0.144. The highest BCUT2D eigenvalue weighted by atomic mass is 16.5. The topological polar surface area (TPSA) is 53.4 Å². The van der Waals surface area contributed by atoms with Crippen LogP contribution >= 0.6 is 0 Å². The molecule has 0 saturated heterocycles. The first-order chi connectivity index (χ1) is 9.73. The van der Waals surface area contributed by atoms with Crippen LogP contribution in [0.25, 0.3) is 11.0 Å². The largest absolute Gasteiger partial charge is 0.468 e. The molecular formula is C15H18N2O3. The first kappa shape index (κ1) is 13.1. The van der Waals surface area contributed by atoms with E-state index in [1.54, 1.807) is 7.11 Å². The number of para-hydroxylation sites is 2. The molecule has 0 unspecified atom stereocenters. The van der Waals surface area contributed by atoms with Crippen molar-refractivity contribution in [3.8, 4) is 0 Å². The molecule has 1 fully saturated rings. The van der Waals surface area contributed by atoms with E-state index in [1.807, 2.05) is 24.3 Å². The van der Waals surface area contributed by atoms with E-state index in [0.717, 1.165) is 29.7 Å². The maximum Gasteiger partial charge on any atom is 0.319 e. The normalized spacial score (nSPS) is 16.3. The van der Waals surface area contributed by atoms with E-state index in [-0.39, 0.29) is 5.97 Å². The van der Waals surface area contributed by atoms with Gasteiger partial charge in [-0.15, -0.1) is 0 Å². The number of rotatable bonds is 5. The molecule has 0 aliphatic heterocycles. The first-order valence-electron chi connectivity index (χ1n) is 6.76. The third-order valence-corrected chi connectivity index (χ3v) is 3.93. The van der Waals surface area contributed by atoms with E-state index in [0.29, 0.717) is 13.2 Å². The maximum atomic E-state index is 12.1. The molecule has 0 atom stereocenters. The maximum absolute atomic E-state index is 12.1. The number of fused-ring (bicyclic) bond motifs is 1. The van der Waals surface area contributed by atoms with Crippen LogP contribution in [-0.4, -0.2) is 36.3 Å². The number of benzene rings is 1. The summed E-state index contributed by atoms with van der Waals surface area (Å²) in [6.07, 6.45) is 1.60. The molecule has 2 aromatic rings. The van der Waals surface area contributed by atoms with E-state index in [1.165, 1.54) is 7.11 Å². The van der Waals surface area contributed by atoms with Gasteiger partial charge >= 0.3 is 5.97 Å². The summed E-state index contributed by atoms with van der Waals surface area (Å²) in [5.41, 5.74) is 1.39. The summed E-state index contributed by atoms with van der Waals surface area (Å²) in [6, 6.07) is 7.93. The summed E-state index contributed by atoms with van der Waals surface area (Å²) in [5, 5.41) is 0. The highest BCUT2D eigenvalue weighted by Gasteiger charge is 2.56. The second-order valence-corrected chi connectivity index (χ2v) is 5.14. The van der Waals surface area contributed by atoms with Crippen molar-refractivity contribution in [2.45, 2.75) is 24.8 Å². The molecule has 0 bridgehead atoms. The van der Waals surface area contributed by atoms with Crippen molar-refractivity contribution >= 4 is 17.0 Å². The molecule has 3 rings (SSSR count). The van der Waals surface area contributed by atoms with Crippen molar-refractivity contribution in [2.75, 3.05) is 20.8 Å². The molecule has 1 heterocycles. The standard InChI is InChI=1S/C15H18N2O3/c1-19-10-9-17-12-6-4-3-5-11(12)16-13(17)15(7-8-15)14(18)20-2/h3-6H,7-10H2,1-2H3. The molecule has 5 nitrogen and oxygen atoms in total. The van der Waals surface area contributed by atoms with Crippen molar-refractivity contribution in [3.05, 3.63) is 30.1 Å². The summed E-state index contributed by atoms with van der Waals surface area (Å²) in [6.45, 7) is 1.27. The zero-order valence-corrected chi connectivity index (χ0v) is 11.8. The Morgan fingerprint density at radius 2 is 2.10 bits per heavy atom. The molecule has 0 N–H and O–H groups in total. The minimum absolute atomic E-state index is 0.188. The third kappa shape index (κ3) is 1.89. The number of carbonyl (C=O) groups excluding carboxylic acids is 1. The van der Waals surface area contributed by atoms with E-state index in [9.17, 15) is 4.79 Å². The van der Waals surface area contributed by atoms with Crippen molar-refractivity contribution < 1.29 is 14.3 Å². The van der Waals surface area contributed by atoms with Crippen molar-refractivity contribution in [1.82, 2.24) is 9.55 Å². The number of hydrogen-bond donors (Lipinski definition) is 0. The SMILES string of the molecule is COCCn1c(C2(C(=O)OC)CC2)nc2ccccc21. The molecule has 1 saturated carbocycles. The summed E-state index contributed by atoms with van der Waals surface area (Å²) in [5.74, 6) is 0.620. The Morgan fingerprint density at radius 1 is 1.35 bits per heavy atom. The van der Waals surface area contributed by atoms with E-state index in [4.69, 9.17) is 9.47 Å². The number of ether oxygens (including phenoxy) is 2. The molecule has 106 valence electrons. The van der Waals surface area contributed by atoms with Crippen molar-refractivity contribution in [1.29, 1.82) is 0 Å². The van der Waals surface area contributed by atoms with Crippen LogP contribution < -0.4 is 0 Å². The van der Waals surface area contributed by atoms with Crippen LogP contribution in [-0.2, 0) is 26.2 Å². The van der Waals surface area contributed by atoms with Gasteiger partial charge in [-0.05, 0) is 25.0 Å². The quantitative estimate of drug-likeness (QED) is 0.781. The van der Waals surface area contributed by atoms with Gasteiger partial charge in [0.25, 0.3) is 0 Å². The van der Waals surface area contributed by atoms with Gasteiger partial charge in [-0.3, -0.25) is 4.79 Å². The fourth-order valence-corrected chi connectivity index (χ4v) is 2.69. The van der Waals surface area contributed by atoms with Gasteiger partial charge in [-0.1, -0.05) is 12.1 Å². The summed E-state index contributed by atoms with van der Waals surface area (Å²) < 4.78 is 12.2. The Hall–Kier alpha value is -1.88. The molecule has 0 amide bonds. The lowest BCUT2D eigenvalue weighted by Crippen LogP contribution is -2.26. The Kier molecular flexibility index (Phi) is 3.22. The van der Waals surface area contributed by atoms with Gasteiger partial charge < -0.3 is 14.0 Å². The fourth-order valence-electron chi connectivity index (χ4n) is 2.69. The first-order valence-corrected chi connectivity index (χ1v) is 6.76. The predicted molar refractivity (Wildman–Crippen MR) is 74.5 cm³/mol. The number of methoxy groups -OCH3 is 2. The monoisotopic (exact) mass is 274 g/mol. The summed E-state index contributed by atoms with van der Waals surface area (Å²) >= 11 is 0. The van der Waals surface area contributed by atoms with Crippen LogP contribution in [0.2, 0.25) is 0 Å². The van der Waals surface area contributed by atoms with Gasteiger partial charge in [0.2, 0.25) is 0 Å². The van der Waals surface area contributed by atoms with Crippen LogP contribution in [0.3, 0.4) is 0 Å². The number of nitrogens with zero attached hydrogens (tertiary/aromatic N) is 2. The van der Waals surface area contributed by atoms with Gasteiger partial charge in [0, 0.05) is 13.7 Å². The van der Waals surface area contributed by atoms with Crippen LogP contribution in [0.15, 0.2) is 24.3 Å². The molecule has 20 heavy (non-hydrogen) atoms. The molecule has 1 aromatic carbocycles. The third-order valence-electron chi connectivity index (χ3n) is 3.93. The molecule has 0 radical (unpaired) electrons. The summed E-state index contributed by atoms with van der Waals surface area (Å²) in [7, 11) is 3.11. The minimum atomic E-state index is -0.554. The highest BCUT2D eigenvalue weighted by Crippen LogP contribution is 2.49. The Morgan fingerprint density at radius 3 is 2.75 bits per heavy atom. The Labute approximate surface area is 117 Å². The zero-order chi connectivity index (χ0) is 14.2. The minimum Gasteiger partial charge on any atom is -0.468 e. The van der Waals surface area contributed by atoms with Gasteiger partial charge in [-0.25, -0.2) is 4.98 Å². The summed E-state index contributed by atoms with van der Waals surface area (Å²) in [4.78, 5) is 16.8. The smallest absolute Gasteiger partial charge is 0.319 e. The lowest BCUT2D eigenvalue weighted by atomic mass is 10.1. The second-order valence-electron chi connectivity index (χ2n) is 5.14. The number of esters is 1. The van der Waals surface area contributed by atoms with Gasteiger partial charge in [-0.2, -0.15) is 0 Å². The van der Waals surface area contributed by atoms with Crippen LogP contribution in [0, 0.1) is 0 Å². The highest BCUT2D eigenvalue weighted by molar-refractivity contribution is 5.87. The molecule has 1 aliphatic carbocycles. The van der Waals surface area contributed by atoms with Crippen LogP contribution in [0.1, 0.15) is 18.7 Å². The molecule has 1 aliphatic rings. The zero-order valence-electron chi connectivity index (χ0n) is 11.8. The van der Waals surface area contributed by atoms with Crippen molar-refractivity contribution in [2.24, 2.45) is 0 Å². The molecule has 1 aromatic heterocycles. The Balaban J connectivity index is 2.12. The van der Waals surface area contributed by atoms with Gasteiger partial charge in [0.15, 0.2) is 0 Å². The Bertz CT molecular complexity index is 644. The number of hydrogen-bond acceptors (Lipinski definition) is 4. The van der Waals surface area contributed by atoms with Gasteiger partial charge in [0.1, 0.15) is 11.2 Å². The number of aromatic nitrogens is 2.